The first-order chi connectivity index (χ1) is 12.4. The quantitative estimate of drug-likeness (QED) is 0.764. The van der Waals surface area contributed by atoms with E-state index in [1.165, 1.54) is 20.5 Å². The fraction of sp³-hybridized carbons (Fsp3) is 0.389. The van der Waals surface area contributed by atoms with Crippen molar-refractivity contribution in [3.8, 4) is 11.5 Å². The average Bonchev–Trinajstić information content (AvgIpc) is 3.27. The van der Waals surface area contributed by atoms with Crippen LogP contribution in [0.5, 0.6) is 11.5 Å². The number of methoxy groups -OCH3 is 2. The Labute approximate surface area is 152 Å². The highest BCUT2D eigenvalue weighted by Crippen LogP contribution is 2.27. The minimum Gasteiger partial charge on any atom is -0.497 e. The molecule has 0 unspecified atom stereocenters. The van der Waals surface area contributed by atoms with Crippen LogP contribution in [0.25, 0.3) is 0 Å². The molecule has 3 rings (SSSR count). The van der Waals surface area contributed by atoms with Crippen LogP contribution < -0.4 is 9.47 Å². The molecule has 1 aromatic carbocycles. The molecule has 26 heavy (non-hydrogen) atoms. The molecule has 1 fully saturated rings. The van der Waals surface area contributed by atoms with E-state index in [2.05, 4.69) is 0 Å². The van der Waals surface area contributed by atoms with Crippen LogP contribution in [0.2, 0.25) is 0 Å². The van der Waals surface area contributed by atoms with E-state index in [4.69, 9.17) is 13.9 Å². The van der Waals surface area contributed by atoms with E-state index < -0.39 is 15.9 Å². The number of hydrogen-bond donors (Lipinski definition) is 0. The lowest BCUT2D eigenvalue weighted by Crippen LogP contribution is -2.40. The van der Waals surface area contributed by atoms with Crippen LogP contribution in [0.15, 0.2) is 41.0 Å². The number of hydrogen-bond acceptors (Lipinski definition) is 6. The van der Waals surface area contributed by atoms with Gasteiger partial charge in [-0.3, -0.25) is 4.79 Å². The molecule has 140 valence electrons. The van der Waals surface area contributed by atoms with E-state index in [0.29, 0.717) is 29.2 Å². The Bertz CT molecular complexity index is 853. The van der Waals surface area contributed by atoms with Gasteiger partial charge in [0.2, 0.25) is 0 Å². The van der Waals surface area contributed by atoms with E-state index in [-0.39, 0.29) is 24.0 Å². The maximum Gasteiger partial charge on any atom is 0.254 e. The summed E-state index contributed by atoms with van der Waals surface area (Å²) >= 11 is 0. The topological polar surface area (TPSA) is 86.1 Å². The summed E-state index contributed by atoms with van der Waals surface area (Å²) in [7, 11) is -0.120. The number of furan rings is 1. The molecule has 0 radical (unpaired) electrons. The van der Waals surface area contributed by atoms with Crippen LogP contribution in [0.3, 0.4) is 0 Å². The predicted octanol–water partition coefficient (Wildman–Crippen LogP) is 2.13. The van der Waals surface area contributed by atoms with Crippen LogP contribution >= 0.6 is 0 Å². The highest BCUT2D eigenvalue weighted by atomic mass is 32.2. The SMILES string of the molecule is COc1cc(OC)cc(C(=O)N(Cc2ccco2)[C@H]2CCS(=O)(=O)C2)c1. The lowest BCUT2D eigenvalue weighted by molar-refractivity contribution is 0.0665. The van der Waals surface area contributed by atoms with Gasteiger partial charge in [-0.05, 0) is 30.7 Å². The number of rotatable bonds is 6. The molecule has 1 aliphatic heterocycles. The smallest absolute Gasteiger partial charge is 0.254 e. The van der Waals surface area contributed by atoms with Crippen molar-refractivity contribution in [2.75, 3.05) is 25.7 Å². The first-order valence-corrected chi connectivity index (χ1v) is 10.0. The molecule has 0 N–H and O–H groups in total. The van der Waals surface area contributed by atoms with Gasteiger partial charge in [0.1, 0.15) is 17.3 Å². The minimum absolute atomic E-state index is 0.0411. The van der Waals surface area contributed by atoms with E-state index in [1.807, 2.05) is 0 Å². The average molecular weight is 379 g/mol. The van der Waals surface area contributed by atoms with Gasteiger partial charge in [0.25, 0.3) is 5.91 Å². The zero-order chi connectivity index (χ0) is 18.7. The van der Waals surface area contributed by atoms with Gasteiger partial charge in [-0.15, -0.1) is 0 Å². The highest BCUT2D eigenvalue weighted by molar-refractivity contribution is 7.91. The number of sulfone groups is 1. The van der Waals surface area contributed by atoms with E-state index >= 15 is 0 Å². The zero-order valence-electron chi connectivity index (χ0n) is 14.7. The van der Waals surface area contributed by atoms with Crippen molar-refractivity contribution in [3.63, 3.8) is 0 Å². The van der Waals surface area contributed by atoms with Gasteiger partial charge >= 0.3 is 0 Å². The standard InChI is InChI=1S/C18H21NO6S/c1-23-16-8-13(9-17(10-16)24-2)18(20)19(11-15-4-3-6-25-15)14-5-7-26(21,22)12-14/h3-4,6,8-10,14H,5,7,11-12H2,1-2H3/t14-/m0/s1. The molecule has 0 bridgehead atoms. The second kappa shape index (κ2) is 7.41. The van der Waals surface area contributed by atoms with Gasteiger partial charge in [-0.25, -0.2) is 8.42 Å². The Hall–Kier alpha value is -2.48. The van der Waals surface area contributed by atoms with E-state index in [0.717, 1.165) is 0 Å². The number of amides is 1. The van der Waals surface area contributed by atoms with Crippen LogP contribution in [0.4, 0.5) is 0 Å². The summed E-state index contributed by atoms with van der Waals surface area (Å²) in [5, 5.41) is 0. The van der Waals surface area contributed by atoms with Crippen molar-refractivity contribution in [2.45, 2.75) is 19.0 Å². The molecule has 1 amide bonds. The molecule has 2 aromatic rings. The van der Waals surface area contributed by atoms with Crippen molar-refractivity contribution >= 4 is 15.7 Å². The van der Waals surface area contributed by atoms with Gasteiger partial charge in [-0.2, -0.15) is 0 Å². The predicted molar refractivity (Wildman–Crippen MR) is 95.2 cm³/mol. The van der Waals surface area contributed by atoms with Crippen LogP contribution in [-0.2, 0) is 16.4 Å². The fourth-order valence-corrected chi connectivity index (χ4v) is 4.79. The molecule has 1 atom stereocenters. The first-order valence-electron chi connectivity index (χ1n) is 8.18. The van der Waals surface area contributed by atoms with Crippen LogP contribution in [-0.4, -0.2) is 51.0 Å². The molecule has 1 aromatic heterocycles. The first kappa shape index (κ1) is 18.3. The second-order valence-corrected chi connectivity index (χ2v) is 8.40. The molecule has 1 aliphatic rings. The van der Waals surface area contributed by atoms with Crippen molar-refractivity contribution in [1.82, 2.24) is 4.90 Å². The Morgan fingerprint density at radius 2 is 1.92 bits per heavy atom. The lowest BCUT2D eigenvalue weighted by Gasteiger charge is -2.27. The van der Waals surface area contributed by atoms with Crippen molar-refractivity contribution < 1.29 is 27.1 Å². The van der Waals surface area contributed by atoms with Gasteiger partial charge in [0, 0.05) is 17.7 Å². The van der Waals surface area contributed by atoms with Gasteiger partial charge < -0.3 is 18.8 Å². The van der Waals surface area contributed by atoms with Crippen molar-refractivity contribution in [1.29, 1.82) is 0 Å². The van der Waals surface area contributed by atoms with Gasteiger partial charge in [0.05, 0.1) is 38.5 Å². The Balaban J connectivity index is 1.94. The molecule has 8 heteroatoms. The third kappa shape index (κ3) is 4.01. The molecule has 0 aliphatic carbocycles. The molecule has 7 nitrogen and oxygen atoms in total. The van der Waals surface area contributed by atoms with Gasteiger partial charge in [-0.1, -0.05) is 0 Å². The summed E-state index contributed by atoms with van der Waals surface area (Å²) in [6.07, 6.45) is 1.94. The van der Waals surface area contributed by atoms with E-state index in [9.17, 15) is 13.2 Å². The highest BCUT2D eigenvalue weighted by Gasteiger charge is 2.35. The summed E-state index contributed by atoms with van der Waals surface area (Å²) < 4.78 is 39.6. The third-order valence-corrected chi connectivity index (χ3v) is 6.17. The Kier molecular flexibility index (Phi) is 5.22. The summed E-state index contributed by atoms with van der Waals surface area (Å²) in [5.41, 5.74) is 0.372. The van der Waals surface area contributed by atoms with Gasteiger partial charge in [0.15, 0.2) is 9.84 Å². The third-order valence-electron chi connectivity index (χ3n) is 4.41. The minimum atomic E-state index is -3.13. The number of nitrogens with zero attached hydrogens (tertiary/aromatic N) is 1. The summed E-state index contributed by atoms with van der Waals surface area (Å²) in [4.78, 5) is 14.7. The molecule has 0 saturated carbocycles. The maximum absolute atomic E-state index is 13.2. The molecule has 0 spiro atoms. The maximum atomic E-state index is 13.2. The normalized spacial score (nSPS) is 18.5. The van der Waals surface area contributed by atoms with Crippen LogP contribution in [0.1, 0.15) is 22.5 Å². The Morgan fingerprint density at radius 1 is 1.23 bits per heavy atom. The molecule has 2 heterocycles. The number of carbonyl (C=O) groups excluding carboxylic acids is 1. The number of benzene rings is 1. The number of ether oxygens (including phenoxy) is 2. The van der Waals surface area contributed by atoms with E-state index in [1.54, 1.807) is 35.2 Å². The molecular weight excluding hydrogens is 358 g/mol. The summed E-state index contributed by atoms with van der Waals surface area (Å²) in [6.45, 7) is 0.200. The largest absolute Gasteiger partial charge is 0.497 e. The van der Waals surface area contributed by atoms with Crippen LogP contribution in [0, 0.1) is 0 Å². The van der Waals surface area contributed by atoms with Crippen molar-refractivity contribution in [2.24, 2.45) is 0 Å². The molecular formula is C18H21NO6S. The Morgan fingerprint density at radius 3 is 2.42 bits per heavy atom. The van der Waals surface area contributed by atoms with Crippen molar-refractivity contribution in [3.05, 3.63) is 47.9 Å². The molecule has 1 saturated heterocycles. The number of carbonyl (C=O) groups is 1. The summed E-state index contributed by atoms with van der Waals surface area (Å²) in [6, 6.07) is 8.00. The monoisotopic (exact) mass is 379 g/mol. The summed E-state index contributed by atoms with van der Waals surface area (Å²) in [5.74, 6) is 1.33. The second-order valence-electron chi connectivity index (χ2n) is 6.17. The lowest BCUT2D eigenvalue weighted by atomic mass is 10.1. The fourth-order valence-electron chi connectivity index (χ4n) is 3.06. The zero-order valence-corrected chi connectivity index (χ0v) is 15.5.